The Bertz CT molecular complexity index is 1170. The van der Waals surface area contributed by atoms with Crippen molar-refractivity contribution in [3.8, 4) is 5.75 Å². The minimum atomic E-state index is 0.0122. The van der Waals surface area contributed by atoms with Gasteiger partial charge < -0.3 is 4.74 Å². The van der Waals surface area contributed by atoms with Crippen molar-refractivity contribution in [2.75, 3.05) is 17.8 Å². The topological polar surface area (TPSA) is 55.3 Å². The highest BCUT2D eigenvalue weighted by molar-refractivity contribution is 7.99. The van der Waals surface area contributed by atoms with Crippen LogP contribution in [0.3, 0.4) is 0 Å². The number of amides is 1. The zero-order valence-electron chi connectivity index (χ0n) is 16.8. The van der Waals surface area contributed by atoms with Crippen molar-refractivity contribution in [2.45, 2.75) is 17.9 Å². The van der Waals surface area contributed by atoms with Gasteiger partial charge in [0, 0.05) is 28.3 Å². The van der Waals surface area contributed by atoms with Gasteiger partial charge in [-0.1, -0.05) is 29.0 Å². The van der Waals surface area contributed by atoms with Crippen LogP contribution in [-0.4, -0.2) is 28.7 Å². The van der Waals surface area contributed by atoms with Crippen molar-refractivity contribution in [3.05, 3.63) is 77.6 Å². The number of ether oxygens (including phenoxy) is 1. The molecule has 0 aliphatic heterocycles. The molecular formula is C23H20ClN3O2S2. The fraction of sp³-hybridized carbons (Fsp3) is 0.174. The minimum Gasteiger partial charge on any atom is -0.497 e. The van der Waals surface area contributed by atoms with Gasteiger partial charge in [0.2, 0.25) is 5.91 Å². The second-order valence-corrected chi connectivity index (χ2v) is 9.30. The molecule has 4 aromatic rings. The maximum Gasteiger partial charge on any atom is 0.229 e. The number of carbonyl (C=O) groups is 1. The van der Waals surface area contributed by atoms with E-state index in [0.717, 1.165) is 26.6 Å². The summed E-state index contributed by atoms with van der Waals surface area (Å²) < 4.78 is 6.29. The maximum atomic E-state index is 13.2. The Balaban J connectivity index is 1.53. The van der Waals surface area contributed by atoms with Gasteiger partial charge in [-0.3, -0.25) is 14.7 Å². The van der Waals surface area contributed by atoms with Crippen LogP contribution in [0.15, 0.2) is 71.8 Å². The Hall–Kier alpha value is -2.61. The van der Waals surface area contributed by atoms with E-state index in [4.69, 9.17) is 21.3 Å². The highest BCUT2D eigenvalue weighted by atomic mass is 35.5. The number of hydrogen-bond donors (Lipinski definition) is 0. The molecule has 0 fully saturated rings. The molecule has 0 aliphatic carbocycles. The summed E-state index contributed by atoms with van der Waals surface area (Å²) in [5.74, 6) is 1.44. The van der Waals surface area contributed by atoms with Gasteiger partial charge >= 0.3 is 0 Å². The van der Waals surface area contributed by atoms with Crippen LogP contribution in [-0.2, 0) is 11.3 Å². The number of halogens is 1. The first-order valence-electron chi connectivity index (χ1n) is 9.65. The summed E-state index contributed by atoms with van der Waals surface area (Å²) in [7, 11) is 1.64. The summed E-state index contributed by atoms with van der Waals surface area (Å²) in [6.45, 7) is 0.377. The number of fused-ring (bicyclic) bond motifs is 1. The molecule has 2 aromatic heterocycles. The number of aromatic nitrogens is 2. The van der Waals surface area contributed by atoms with Gasteiger partial charge in [-0.15, -0.1) is 11.8 Å². The molecule has 0 saturated carbocycles. The summed E-state index contributed by atoms with van der Waals surface area (Å²) in [5, 5.41) is 1.37. The Morgan fingerprint density at radius 2 is 2.00 bits per heavy atom. The summed E-state index contributed by atoms with van der Waals surface area (Å²) in [4.78, 5) is 25.1. The van der Waals surface area contributed by atoms with Crippen LogP contribution in [0.4, 0.5) is 5.13 Å². The molecule has 0 unspecified atom stereocenters. The van der Waals surface area contributed by atoms with E-state index in [-0.39, 0.29) is 5.91 Å². The van der Waals surface area contributed by atoms with Crippen molar-refractivity contribution in [3.63, 3.8) is 0 Å². The van der Waals surface area contributed by atoms with Gasteiger partial charge in [0.25, 0.3) is 0 Å². The SMILES string of the molecule is COc1ccc2nc(N(Cc3ccccn3)C(=O)CCSc3ccc(Cl)cc3)sc2c1. The van der Waals surface area contributed by atoms with E-state index in [1.807, 2.05) is 60.7 Å². The van der Waals surface area contributed by atoms with E-state index >= 15 is 0 Å². The Kier molecular flexibility index (Phi) is 7.06. The molecular weight excluding hydrogens is 450 g/mol. The fourth-order valence-electron chi connectivity index (χ4n) is 2.97. The molecule has 31 heavy (non-hydrogen) atoms. The lowest BCUT2D eigenvalue weighted by molar-refractivity contribution is -0.118. The number of hydrogen-bond acceptors (Lipinski definition) is 6. The first-order chi connectivity index (χ1) is 15.1. The van der Waals surface area contributed by atoms with Crippen molar-refractivity contribution >= 4 is 56.0 Å². The molecule has 8 heteroatoms. The minimum absolute atomic E-state index is 0.0122. The smallest absolute Gasteiger partial charge is 0.229 e. The number of carbonyl (C=O) groups excluding carboxylic acids is 1. The largest absolute Gasteiger partial charge is 0.497 e. The summed E-state index contributed by atoms with van der Waals surface area (Å²) in [5.41, 5.74) is 1.66. The monoisotopic (exact) mass is 469 g/mol. The quantitative estimate of drug-likeness (QED) is 0.293. The zero-order chi connectivity index (χ0) is 21.6. The number of pyridine rings is 1. The van der Waals surface area contributed by atoms with E-state index in [0.29, 0.717) is 28.9 Å². The fourth-order valence-corrected chi connectivity index (χ4v) is 4.95. The van der Waals surface area contributed by atoms with Gasteiger partial charge in [-0.25, -0.2) is 4.98 Å². The predicted molar refractivity (Wildman–Crippen MR) is 128 cm³/mol. The molecule has 0 atom stereocenters. The number of thiazole rings is 1. The van der Waals surface area contributed by atoms with E-state index in [1.54, 1.807) is 30.0 Å². The summed E-state index contributed by atoms with van der Waals surface area (Å²) in [6, 6.07) is 19.1. The van der Waals surface area contributed by atoms with Crippen LogP contribution < -0.4 is 9.64 Å². The molecule has 0 saturated heterocycles. The number of rotatable bonds is 8. The van der Waals surface area contributed by atoms with E-state index in [2.05, 4.69) is 4.98 Å². The number of benzene rings is 2. The summed E-state index contributed by atoms with van der Waals surface area (Å²) in [6.07, 6.45) is 2.12. The Labute approximate surface area is 194 Å². The van der Waals surface area contributed by atoms with Crippen molar-refractivity contribution in [1.29, 1.82) is 0 Å². The van der Waals surface area contributed by atoms with Gasteiger partial charge in [0.1, 0.15) is 5.75 Å². The maximum absolute atomic E-state index is 13.2. The molecule has 0 spiro atoms. The van der Waals surface area contributed by atoms with E-state index < -0.39 is 0 Å². The lowest BCUT2D eigenvalue weighted by atomic mass is 10.3. The highest BCUT2D eigenvalue weighted by Gasteiger charge is 2.21. The van der Waals surface area contributed by atoms with Gasteiger partial charge in [-0.2, -0.15) is 0 Å². The van der Waals surface area contributed by atoms with Crippen molar-refractivity contribution < 1.29 is 9.53 Å². The predicted octanol–water partition coefficient (Wildman–Crippen LogP) is 6.07. The Morgan fingerprint density at radius 3 is 2.74 bits per heavy atom. The van der Waals surface area contributed by atoms with Crippen LogP contribution in [0, 0.1) is 0 Å². The van der Waals surface area contributed by atoms with Gasteiger partial charge in [0.05, 0.1) is 29.6 Å². The molecule has 0 radical (unpaired) electrons. The van der Waals surface area contributed by atoms with E-state index in [1.165, 1.54) is 11.3 Å². The first kappa shape index (κ1) is 21.6. The highest BCUT2D eigenvalue weighted by Crippen LogP contribution is 2.32. The molecule has 2 aromatic carbocycles. The van der Waals surface area contributed by atoms with Crippen LogP contribution in [0.1, 0.15) is 12.1 Å². The number of anilines is 1. The van der Waals surface area contributed by atoms with Crippen LogP contribution in [0.5, 0.6) is 5.75 Å². The third-order valence-electron chi connectivity index (χ3n) is 4.56. The normalized spacial score (nSPS) is 10.9. The molecule has 1 amide bonds. The van der Waals surface area contributed by atoms with Gasteiger partial charge in [-0.05, 0) is 54.6 Å². The molecule has 158 valence electrons. The van der Waals surface area contributed by atoms with E-state index in [9.17, 15) is 4.79 Å². The third-order valence-corrected chi connectivity index (χ3v) is 6.87. The average Bonchev–Trinajstić information content (AvgIpc) is 3.22. The number of methoxy groups -OCH3 is 1. The first-order valence-corrected chi connectivity index (χ1v) is 11.8. The lowest BCUT2D eigenvalue weighted by Crippen LogP contribution is -2.30. The molecule has 0 N–H and O–H groups in total. The average molecular weight is 470 g/mol. The molecule has 0 aliphatic rings. The molecule has 5 nitrogen and oxygen atoms in total. The number of thioether (sulfide) groups is 1. The van der Waals surface area contributed by atoms with Crippen LogP contribution >= 0.6 is 34.7 Å². The van der Waals surface area contributed by atoms with Gasteiger partial charge in [0.15, 0.2) is 5.13 Å². The summed E-state index contributed by atoms with van der Waals surface area (Å²) >= 11 is 9.06. The molecule has 2 heterocycles. The standard InChI is InChI=1S/C23H20ClN3O2S2/c1-29-18-7-10-20-21(14-18)31-23(26-20)27(15-17-4-2-3-12-25-17)22(28)11-13-30-19-8-5-16(24)6-9-19/h2-10,12,14H,11,13,15H2,1H3. The second-order valence-electron chi connectivity index (χ2n) is 6.68. The Morgan fingerprint density at radius 1 is 1.16 bits per heavy atom. The van der Waals surface area contributed by atoms with Crippen molar-refractivity contribution in [2.24, 2.45) is 0 Å². The third kappa shape index (κ3) is 5.55. The van der Waals surface area contributed by atoms with Crippen LogP contribution in [0.25, 0.3) is 10.2 Å². The molecule has 4 rings (SSSR count). The lowest BCUT2D eigenvalue weighted by Gasteiger charge is -2.19. The number of nitrogens with zero attached hydrogens (tertiary/aromatic N) is 3. The van der Waals surface area contributed by atoms with Crippen LogP contribution in [0.2, 0.25) is 5.02 Å². The van der Waals surface area contributed by atoms with Crippen molar-refractivity contribution in [1.82, 2.24) is 9.97 Å². The zero-order valence-corrected chi connectivity index (χ0v) is 19.2. The molecule has 0 bridgehead atoms. The second kappa shape index (κ2) is 10.1.